The zero-order valence-corrected chi connectivity index (χ0v) is 11.1. The van der Waals surface area contributed by atoms with Gasteiger partial charge >= 0.3 is 0 Å². The van der Waals surface area contributed by atoms with E-state index < -0.39 is 0 Å². The third kappa shape index (κ3) is 7.65. The average Bonchev–Trinajstić information content (AvgIpc) is 2.13. The SMILES string of the molecule is CC(O)CC(C)NCC(=O)NC(C)C(C)C. The van der Waals surface area contributed by atoms with E-state index in [0.29, 0.717) is 18.9 Å². The Balaban J connectivity index is 3.73. The van der Waals surface area contributed by atoms with Gasteiger partial charge in [-0.2, -0.15) is 0 Å². The van der Waals surface area contributed by atoms with Crippen LogP contribution in [0.3, 0.4) is 0 Å². The van der Waals surface area contributed by atoms with Gasteiger partial charge in [0.15, 0.2) is 0 Å². The van der Waals surface area contributed by atoms with Gasteiger partial charge in [0.05, 0.1) is 12.6 Å². The van der Waals surface area contributed by atoms with E-state index in [2.05, 4.69) is 24.5 Å². The number of aliphatic hydroxyl groups is 1. The molecule has 0 aromatic carbocycles. The number of carbonyl (C=O) groups is 1. The molecule has 0 fully saturated rings. The van der Waals surface area contributed by atoms with E-state index in [1.54, 1.807) is 6.92 Å². The lowest BCUT2D eigenvalue weighted by Gasteiger charge is -2.19. The third-order valence-electron chi connectivity index (χ3n) is 2.69. The second kappa shape index (κ2) is 7.63. The molecule has 4 heteroatoms. The van der Waals surface area contributed by atoms with Gasteiger partial charge in [-0.25, -0.2) is 0 Å². The Morgan fingerprint density at radius 3 is 2.19 bits per heavy atom. The summed E-state index contributed by atoms with van der Waals surface area (Å²) in [4.78, 5) is 11.5. The van der Waals surface area contributed by atoms with E-state index in [0.717, 1.165) is 0 Å². The second-order valence-electron chi connectivity index (χ2n) is 4.97. The normalized spacial score (nSPS) is 16.9. The van der Waals surface area contributed by atoms with Gasteiger partial charge in [-0.3, -0.25) is 4.79 Å². The van der Waals surface area contributed by atoms with Crippen molar-refractivity contribution in [1.29, 1.82) is 0 Å². The van der Waals surface area contributed by atoms with Crippen LogP contribution in [-0.4, -0.2) is 35.7 Å². The first-order chi connectivity index (χ1) is 7.32. The molecule has 0 heterocycles. The summed E-state index contributed by atoms with van der Waals surface area (Å²) >= 11 is 0. The molecule has 3 atom stereocenters. The zero-order valence-electron chi connectivity index (χ0n) is 11.1. The van der Waals surface area contributed by atoms with Crippen molar-refractivity contribution in [3.8, 4) is 0 Å². The Morgan fingerprint density at radius 2 is 1.75 bits per heavy atom. The molecule has 3 unspecified atom stereocenters. The van der Waals surface area contributed by atoms with Crippen molar-refractivity contribution in [2.45, 2.75) is 59.2 Å². The fourth-order valence-corrected chi connectivity index (χ4v) is 1.33. The summed E-state index contributed by atoms with van der Waals surface area (Å²) in [7, 11) is 0. The molecule has 16 heavy (non-hydrogen) atoms. The fourth-order valence-electron chi connectivity index (χ4n) is 1.33. The van der Waals surface area contributed by atoms with Crippen LogP contribution in [0.15, 0.2) is 0 Å². The maximum atomic E-state index is 11.5. The molecule has 96 valence electrons. The maximum Gasteiger partial charge on any atom is 0.234 e. The van der Waals surface area contributed by atoms with Crippen molar-refractivity contribution in [3.63, 3.8) is 0 Å². The number of hydrogen-bond donors (Lipinski definition) is 3. The average molecular weight is 230 g/mol. The molecule has 0 saturated heterocycles. The second-order valence-corrected chi connectivity index (χ2v) is 4.97. The summed E-state index contributed by atoms with van der Waals surface area (Å²) in [6.07, 6.45) is 0.327. The van der Waals surface area contributed by atoms with Crippen LogP contribution in [-0.2, 0) is 4.79 Å². The minimum absolute atomic E-state index is 0.0126. The molecule has 0 aliphatic heterocycles. The molecule has 0 aliphatic rings. The van der Waals surface area contributed by atoms with Crippen molar-refractivity contribution in [1.82, 2.24) is 10.6 Å². The lowest BCUT2D eigenvalue weighted by Crippen LogP contribution is -2.43. The Bertz CT molecular complexity index is 205. The number of aliphatic hydroxyl groups excluding tert-OH is 1. The monoisotopic (exact) mass is 230 g/mol. The van der Waals surface area contributed by atoms with Crippen LogP contribution in [0.4, 0.5) is 0 Å². The highest BCUT2D eigenvalue weighted by Gasteiger charge is 2.12. The van der Waals surface area contributed by atoms with E-state index in [1.165, 1.54) is 0 Å². The fraction of sp³-hybridized carbons (Fsp3) is 0.917. The molecule has 0 bridgehead atoms. The van der Waals surface area contributed by atoms with Gasteiger partial charge in [-0.15, -0.1) is 0 Å². The van der Waals surface area contributed by atoms with Crippen molar-refractivity contribution >= 4 is 5.91 Å². The molecule has 0 rings (SSSR count). The zero-order chi connectivity index (χ0) is 12.7. The number of amides is 1. The van der Waals surface area contributed by atoms with Gasteiger partial charge < -0.3 is 15.7 Å². The Kier molecular flexibility index (Phi) is 7.34. The van der Waals surface area contributed by atoms with Crippen LogP contribution in [0.5, 0.6) is 0 Å². The molecule has 0 aromatic heterocycles. The minimum Gasteiger partial charge on any atom is -0.393 e. The summed E-state index contributed by atoms with van der Waals surface area (Å²) in [5.41, 5.74) is 0. The first-order valence-electron chi connectivity index (χ1n) is 6.03. The van der Waals surface area contributed by atoms with E-state index >= 15 is 0 Å². The van der Waals surface area contributed by atoms with Crippen molar-refractivity contribution in [3.05, 3.63) is 0 Å². The van der Waals surface area contributed by atoms with E-state index in [4.69, 9.17) is 5.11 Å². The highest BCUT2D eigenvalue weighted by atomic mass is 16.3. The predicted octanol–water partition coefficient (Wildman–Crippen LogP) is 0.896. The van der Waals surface area contributed by atoms with Crippen molar-refractivity contribution in [2.24, 2.45) is 5.92 Å². The number of nitrogens with one attached hydrogen (secondary N) is 2. The molecule has 0 aliphatic carbocycles. The highest BCUT2D eigenvalue weighted by molar-refractivity contribution is 5.78. The van der Waals surface area contributed by atoms with E-state index in [-0.39, 0.29) is 24.1 Å². The summed E-state index contributed by atoms with van der Waals surface area (Å²) in [6.45, 7) is 10.2. The number of carbonyl (C=O) groups excluding carboxylic acids is 1. The first-order valence-corrected chi connectivity index (χ1v) is 6.03. The Hall–Kier alpha value is -0.610. The van der Waals surface area contributed by atoms with Gasteiger partial charge in [0.1, 0.15) is 0 Å². The number of hydrogen-bond acceptors (Lipinski definition) is 3. The predicted molar refractivity (Wildman–Crippen MR) is 66.2 cm³/mol. The maximum absolute atomic E-state index is 11.5. The molecular formula is C12H26N2O2. The smallest absolute Gasteiger partial charge is 0.234 e. The van der Waals surface area contributed by atoms with Crippen LogP contribution >= 0.6 is 0 Å². The van der Waals surface area contributed by atoms with Crippen LogP contribution in [0.2, 0.25) is 0 Å². The highest BCUT2D eigenvalue weighted by Crippen LogP contribution is 1.99. The van der Waals surface area contributed by atoms with Gasteiger partial charge in [0, 0.05) is 12.1 Å². The number of rotatable bonds is 7. The largest absolute Gasteiger partial charge is 0.393 e. The molecule has 3 N–H and O–H groups in total. The summed E-state index contributed by atoms with van der Waals surface area (Å²) in [5, 5.41) is 15.2. The minimum atomic E-state index is -0.333. The standard InChI is InChI=1S/C12H26N2O2/c1-8(2)11(5)14-12(16)7-13-9(3)6-10(4)15/h8-11,13,15H,6-7H2,1-5H3,(H,14,16). The summed E-state index contributed by atoms with van der Waals surface area (Å²) in [6, 6.07) is 0.349. The molecule has 0 saturated carbocycles. The van der Waals surface area contributed by atoms with Crippen molar-refractivity contribution < 1.29 is 9.90 Å². The Labute approximate surface area is 98.8 Å². The lowest BCUT2D eigenvalue weighted by molar-refractivity contribution is -0.121. The molecule has 0 spiro atoms. The first kappa shape index (κ1) is 15.4. The van der Waals surface area contributed by atoms with Crippen molar-refractivity contribution in [2.75, 3.05) is 6.54 Å². The molecular weight excluding hydrogens is 204 g/mol. The third-order valence-corrected chi connectivity index (χ3v) is 2.69. The molecule has 0 aromatic rings. The summed E-state index contributed by atoms with van der Waals surface area (Å²) < 4.78 is 0. The molecule has 4 nitrogen and oxygen atoms in total. The topological polar surface area (TPSA) is 61.4 Å². The van der Waals surface area contributed by atoms with Gasteiger partial charge in [-0.1, -0.05) is 13.8 Å². The quantitative estimate of drug-likeness (QED) is 0.609. The molecule has 1 amide bonds. The van der Waals surface area contributed by atoms with Crippen LogP contribution in [0, 0.1) is 5.92 Å². The van der Waals surface area contributed by atoms with Crippen LogP contribution < -0.4 is 10.6 Å². The molecule has 0 radical (unpaired) electrons. The van der Waals surface area contributed by atoms with Gasteiger partial charge in [0.25, 0.3) is 0 Å². The van der Waals surface area contributed by atoms with Gasteiger partial charge in [-0.05, 0) is 33.1 Å². The van der Waals surface area contributed by atoms with E-state index in [1.807, 2.05) is 13.8 Å². The van der Waals surface area contributed by atoms with Crippen LogP contribution in [0.25, 0.3) is 0 Å². The van der Waals surface area contributed by atoms with Gasteiger partial charge in [0.2, 0.25) is 5.91 Å². The van der Waals surface area contributed by atoms with E-state index in [9.17, 15) is 4.79 Å². The summed E-state index contributed by atoms with van der Waals surface area (Å²) in [5.74, 6) is 0.456. The lowest BCUT2D eigenvalue weighted by atomic mass is 10.1. The van der Waals surface area contributed by atoms with Crippen LogP contribution in [0.1, 0.15) is 41.0 Å². The Morgan fingerprint density at radius 1 is 1.19 bits per heavy atom.